The van der Waals surface area contributed by atoms with E-state index in [4.69, 9.17) is 14.4 Å². The van der Waals surface area contributed by atoms with Crippen LogP contribution < -0.4 is 0 Å². The van der Waals surface area contributed by atoms with E-state index in [1.165, 1.54) is 37.7 Å². The molecule has 0 bridgehead atoms. The van der Waals surface area contributed by atoms with Gasteiger partial charge in [0.1, 0.15) is 11.2 Å². The average molecular weight is 675 g/mol. The summed E-state index contributed by atoms with van der Waals surface area (Å²) in [7, 11) is 0. The van der Waals surface area contributed by atoms with Crippen LogP contribution in [0.25, 0.3) is 110 Å². The Labute approximate surface area is 305 Å². The van der Waals surface area contributed by atoms with Crippen LogP contribution >= 0.6 is 0 Å². The number of hydrogen-bond donors (Lipinski definition) is 0. The van der Waals surface area contributed by atoms with Crippen LogP contribution in [-0.4, -0.2) is 9.97 Å². The van der Waals surface area contributed by atoms with Crippen LogP contribution in [-0.2, 0) is 0 Å². The molecule has 0 aliphatic carbocycles. The Bertz CT molecular complexity index is 3210. The normalized spacial score (nSPS) is 11.8. The fraction of sp³-hybridized carbons (Fsp3) is 0. The summed E-state index contributed by atoms with van der Waals surface area (Å²) in [6.45, 7) is 0. The molecule has 9 aromatic carbocycles. The van der Waals surface area contributed by atoms with Gasteiger partial charge in [-0.2, -0.15) is 0 Å². The first-order valence-corrected chi connectivity index (χ1v) is 18.0. The molecule has 3 heteroatoms. The van der Waals surface area contributed by atoms with Crippen molar-refractivity contribution >= 4 is 65.0 Å². The van der Waals surface area contributed by atoms with E-state index in [-0.39, 0.29) is 0 Å². The van der Waals surface area contributed by atoms with Crippen molar-refractivity contribution in [3.63, 3.8) is 0 Å². The highest BCUT2D eigenvalue weighted by Gasteiger charge is 2.18. The first kappa shape index (κ1) is 29.6. The topological polar surface area (TPSA) is 38.9 Å². The monoisotopic (exact) mass is 674 g/mol. The highest BCUT2D eigenvalue weighted by molar-refractivity contribution is 6.20. The molecule has 0 aliphatic rings. The van der Waals surface area contributed by atoms with Crippen LogP contribution in [0.15, 0.2) is 186 Å². The molecule has 0 amide bonds. The molecule has 246 valence electrons. The first-order valence-electron chi connectivity index (χ1n) is 18.0. The molecule has 0 spiro atoms. The molecule has 0 radical (unpaired) electrons. The van der Waals surface area contributed by atoms with Crippen LogP contribution in [0.1, 0.15) is 0 Å². The molecular weight excluding hydrogens is 645 g/mol. The van der Waals surface area contributed by atoms with E-state index in [9.17, 15) is 0 Å². The second kappa shape index (κ2) is 11.7. The molecule has 0 saturated heterocycles. The number of hydrogen-bond acceptors (Lipinski definition) is 3. The van der Waals surface area contributed by atoms with Crippen molar-refractivity contribution in [2.24, 2.45) is 0 Å². The molecule has 0 aliphatic heterocycles. The quantitative estimate of drug-likeness (QED) is 0.138. The average Bonchev–Trinajstić information content (AvgIpc) is 3.61. The Kier molecular flexibility index (Phi) is 6.55. The van der Waals surface area contributed by atoms with Gasteiger partial charge in [0.25, 0.3) is 0 Å². The lowest BCUT2D eigenvalue weighted by molar-refractivity contribution is 0.669. The summed E-state index contributed by atoms with van der Waals surface area (Å²) in [6, 6.07) is 64.4. The molecule has 0 unspecified atom stereocenters. The van der Waals surface area contributed by atoms with Gasteiger partial charge < -0.3 is 4.42 Å². The van der Waals surface area contributed by atoms with Crippen molar-refractivity contribution in [2.75, 3.05) is 0 Å². The summed E-state index contributed by atoms with van der Waals surface area (Å²) in [5.74, 6) is 0.713. The predicted octanol–water partition coefficient (Wildman–Crippen LogP) is 13.7. The minimum atomic E-state index is 0.713. The largest absolute Gasteiger partial charge is 0.456 e. The van der Waals surface area contributed by atoms with Crippen molar-refractivity contribution in [1.29, 1.82) is 0 Å². The summed E-state index contributed by atoms with van der Waals surface area (Å²) in [5, 5.41) is 11.8. The Hall–Kier alpha value is -7.10. The van der Waals surface area contributed by atoms with Crippen LogP contribution in [0.3, 0.4) is 0 Å². The fourth-order valence-electron chi connectivity index (χ4n) is 8.08. The van der Waals surface area contributed by atoms with E-state index in [1.807, 2.05) is 6.07 Å². The molecule has 0 N–H and O–H groups in total. The maximum Gasteiger partial charge on any atom is 0.161 e. The summed E-state index contributed by atoms with van der Waals surface area (Å²) in [4.78, 5) is 10.6. The van der Waals surface area contributed by atoms with E-state index < -0.39 is 0 Å². The minimum Gasteiger partial charge on any atom is -0.456 e. The second-order valence-corrected chi connectivity index (χ2v) is 13.7. The molecule has 0 saturated carbocycles. The zero-order valence-electron chi connectivity index (χ0n) is 28.6. The van der Waals surface area contributed by atoms with Gasteiger partial charge in [0.2, 0.25) is 0 Å². The zero-order chi connectivity index (χ0) is 34.9. The summed E-state index contributed by atoms with van der Waals surface area (Å²) >= 11 is 0. The van der Waals surface area contributed by atoms with Gasteiger partial charge in [-0.15, -0.1) is 0 Å². The maximum atomic E-state index is 6.39. The smallest absolute Gasteiger partial charge is 0.161 e. The molecule has 11 aromatic rings. The number of benzene rings is 9. The lowest BCUT2D eigenvalue weighted by atomic mass is 9.92. The summed E-state index contributed by atoms with van der Waals surface area (Å²) in [5.41, 5.74) is 8.92. The summed E-state index contributed by atoms with van der Waals surface area (Å²) < 4.78 is 6.39. The van der Waals surface area contributed by atoms with Crippen LogP contribution in [0.5, 0.6) is 0 Å². The number of nitrogens with zero attached hydrogens (tertiary/aromatic N) is 2. The zero-order valence-corrected chi connectivity index (χ0v) is 28.6. The standard InChI is InChI=1S/C50H30N2O/c1-2-12-34(13-3-1)44-30-45(52-50(51-44)49-40-17-9-6-14-37(40)28-43-38-15-7-4-10-32(38)22-25-41(43)49)35-20-18-31(19-21-35)36-23-26-42-47(29-36)53-46-27-24-33-11-5-8-16-39(33)48(42)46/h1-30H. The third kappa shape index (κ3) is 4.82. The van der Waals surface area contributed by atoms with Gasteiger partial charge in [0.05, 0.1) is 11.4 Å². The van der Waals surface area contributed by atoms with Crippen molar-refractivity contribution in [2.45, 2.75) is 0 Å². The molecular formula is C50H30N2O. The van der Waals surface area contributed by atoms with Gasteiger partial charge in [-0.1, -0.05) is 152 Å². The fourth-order valence-corrected chi connectivity index (χ4v) is 8.08. The SMILES string of the molecule is c1ccc(-c2cc(-c3ccc(-c4ccc5c(c4)oc4ccc6ccccc6c45)cc3)nc(-c3c4ccccc4cc4c3ccc3ccccc34)n2)cc1. The van der Waals surface area contributed by atoms with Gasteiger partial charge in [0, 0.05) is 27.5 Å². The van der Waals surface area contributed by atoms with Gasteiger partial charge >= 0.3 is 0 Å². The lowest BCUT2D eigenvalue weighted by Crippen LogP contribution is -1.97. The molecule has 2 aromatic heterocycles. The number of furan rings is 1. The highest BCUT2D eigenvalue weighted by Crippen LogP contribution is 2.40. The molecule has 3 nitrogen and oxygen atoms in total. The first-order chi connectivity index (χ1) is 26.2. The number of aromatic nitrogens is 2. The van der Waals surface area contributed by atoms with Gasteiger partial charge in [-0.3, -0.25) is 0 Å². The Morgan fingerprint density at radius 3 is 1.70 bits per heavy atom. The van der Waals surface area contributed by atoms with Gasteiger partial charge in [0.15, 0.2) is 5.82 Å². The van der Waals surface area contributed by atoms with E-state index in [0.717, 1.165) is 66.5 Å². The van der Waals surface area contributed by atoms with Gasteiger partial charge in [-0.05, 0) is 84.5 Å². The molecule has 0 fully saturated rings. The van der Waals surface area contributed by atoms with E-state index in [1.54, 1.807) is 0 Å². The van der Waals surface area contributed by atoms with Crippen molar-refractivity contribution in [1.82, 2.24) is 9.97 Å². The molecule has 53 heavy (non-hydrogen) atoms. The van der Waals surface area contributed by atoms with E-state index in [2.05, 4.69) is 176 Å². The van der Waals surface area contributed by atoms with Crippen LogP contribution in [0.4, 0.5) is 0 Å². The number of rotatable bonds is 4. The summed E-state index contributed by atoms with van der Waals surface area (Å²) in [6.07, 6.45) is 0. The Balaban J connectivity index is 1.07. The van der Waals surface area contributed by atoms with Crippen LogP contribution in [0.2, 0.25) is 0 Å². The minimum absolute atomic E-state index is 0.713. The lowest BCUT2D eigenvalue weighted by Gasteiger charge is -2.15. The molecule has 2 heterocycles. The Morgan fingerprint density at radius 2 is 0.906 bits per heavy atom. The Morgan fingerprint density at radius 1 is 0.321 bits per heavy atom. The van der Waals surface area contributed by atoms with Crippen molar-refractivity contribution < 1.29 is 4.42 Å². The maximum absolute atomic E-state index is 6.39. The second-order valence-electron chi connectivity index (χ2n) is 13.7. The third-order valence-corrected chi connectivity index (χ3v) is 10.7. The van der Waals surface area contributed by atoms with Crippen LogP contribution in [0, 0.1) is 0 Å². The van der Waals surface area contributed by atoms with Crippen molar-refractivity contribution in [3.05, 3.63) is 182 Å². The third-order valence-electron chi connectivity index (χ3n) is 10.7. The predicted molar refractivity (Wildman–Crippen MR) is 221 cm³/mol. The van der Waals surface area contributed by atoms with E-state index >= 15 is 0 Å². The van der Waals surface area contributed by atoms with Crippen molar-refractivity contribution in [3.8, 4) is 45.0 Å². The molecule has 11 rings (SSSR count). The van der Waals surface area contributed by atoms with Gasteiger partial charge in [-0.25, -0.2) is 9.97 Å². The van der Waals surface area contributed by atoms with E-state index in [0.29, 0.717) is 5.82 Å². The highest BCUT2D eigenvalue weighted by atomic mass is 16.3. The molecule has 0 atom stereocenters. The number of fused-ring (bicyclic) bond motifs is 9.